The highest BCUT2D eigenvalue weighted by atomic mass is 32.1. The van der Waals surface area contributed by atoms with Crippen LogP contribution in [-0.2, 0) is 6.54 Å². The van der Waals surface area contributed by atoms with Crippen molar-refractivity contribution in [1.29, 1.82) is 0 Å². The number of nitrogens with one attached hydrogen (secondary N) is 1. The Morgan fingerprint density at radius 1 is 1.09 bits per heavy atom. The number of fused-ring (bicyclic) bond motifs is 1. The van der Waals surface area contributed by atoms with E-state index in [4.69, 9.17) is 0 Å². The van der Waals surface area contributed by atoms with Crippen molar-refractivity contribution < 1.29 is 0 Å². The number of rotatable bonds is 4. The molecule has 1 aromatic carbocycles. The molecule has 3 heterocycles. The van der Waals surface area contributed by atoms with Crippen LogP contribution in [0.4, 0.5) is 5.13 Å². The van der Waals surface area contributed by atoms with Crippen LogP contribution in [0.1, 0.15) is 5.56 Å². The fraction of sp³-hybridized carbons (Fsp3) is 0.0625. The van der Waals surface area contributed by atoms with Crippen LogP contribution in [0.5, 0.6) is 0 Å². The summed E-state index contributed by atoms with van der Waals surface area (Å²) in [7, 11) is 0. The van der Waals surface area contributed by atoms with Crippen molar-refractivity contribution in [1.82, 2.24) is 19.6 Å². The predicted octanol–water partition coefficient (Wildman–Crippen LogP) is 3.46. The van der Waals surface area contributed by atoms with E-state index in [1.165, 1.54) is 0 Å². The summed E-state index contributed by atoms with van der Waals surface area (Å²) in [5.41, 5.74) is 3.17. The molecule has 3 aromatic heterocycles. The second kappa shape index (κ2) is 5.57. The molecule has 0 saturated heterocycles. The molecule has 0 atom stereocenters. The molecule has 6 heteroatoms. The number of aromatic nitrogens is 4. The summed E-state index contributed by atoms with van der Waals surface area (Å²) in [4.78, 5) is 9.61. The summed E-state index contributed by atoms with van der Waals surface area (Å²) in [6.45, 7) is 0.704. The van der Waals surface area contributed by atoms with Crippen LogP contribution in [0.3, 0.4) is 0 Å². The highest BCUT2D eigenvalue weighted by molar-refractivity contribution is 7.20. The van der Waals surface area contributed by atoms with Gasteiger partial charge < -0.3 is 5.32 Å². The molecule has 0 spiro atoms. The topological polar surface area (TPSA) is 55.1 Å². The number of hydrogen-bond donors (Lipinski definition) is 1. The molecule has 0 aliphatic heterocycles. The first-order valence-corrected chi connectivity index (χ1v) is 7.74. The van der Waals surface area contributed by atoms with Gasteiger partial charge in [0.05, 0.1) is 11.9 Å². The standard InChI is InChI=1S/C16H13N5S/c1-2-6-13(7-3-1)14-11-21-16(19-14)22-15(20-21)18-10-12-5-4-8-17-9-12/h1-9,11H,10H2,(H,18,20). The lowest BCUT2D eigenvalue weighted by Crippen LogP contribution is -1.99. The van der Waals surface area contributed by atoms with Crippen LogP contribution in [0.2, 0.25) is 0 Å². The maximum Gasteiger partial charge on any atom is 0.214 e. The molecule has 1 N–H and O–H groups in total. The van der Waals surface area contributed by atoms with E-state index in [2.05, 4.69) is 20.4 Å². The molecule has 5 nitrogen and oxygen atoms in total. The van der Waals surface area contributed by atoms with Crippen molar-refractivity contribution in [3.05, 3.63) is 66.6 Å². The quantitative estimate of drug-likeness (QED) is 0.627. The molecular formula is C16H13N5S. The van der Waals surface area contributed by atoms with Gasteiger partial charge in [0.2, 0.25) is 10.1 Å². The maximum absolute atomic E-state index is 4.63. The minimum atomic E-state index is 0.704. The van der Waals surface area contributed by atoms with Gasteiger partial charge in [-0.2, -0.15) is 0 Å². The fourth-order valence-electron chi connectivity index (χ4n) is 2.20. The van der Waals surface area contributed by atoms with Gasteiger partial charge in [-0.15, -0.1) is 5.10 Å². The Balaban J connectivity index is 1.54. The predicted molar refractivity (Wildman–Crippen MR) is 87.9 cm³/mol. The van der Waals surface area contributed by atoms with Gasteiger partial charge >= 0.3 is 0 Å². The van der Waals surface area contributed by atoms with Gasteiger partial charge in [-0.05, 0) is 11.6 Å². The number of imidazole rings is 1. The van der Waals surface area contributed by atoms with Gasteiger partial charge in [0.15, 0.2) is 0 Å². The second-order valence-electron chi connectivity index (χ2n) is 4.84. The minimum Gasteiger partial charge on any atom is -0.356 e. The van der Waals surface area contributed by atoms with Crippen LogP contribution >= 0.6 is 11.3 Å². The molecule has 0 aliphatic rings. The third kappa shape index (κ3) is 2.56. The van der Waals surface area contributed by atoms with Crippen LogP contribution in [0.15, 0.2) is 61.1 Å². The zero-order chi connectivity index (χ0) is 14.8. The Morgan fingerprint density at radius 3 is 2.77 bits per heavy atom. The van der Waals surface area contributed by atoms with Crippen LogP contribution in [-0.4, -0.2) is 19.6 Å². The van der Waals surface area contributed by atoms with E-state index in [-0.39, 0.29) is 0 Å². The molecule has 0 fully saturated rings. The lowest BCUT2D eigenvalue weighted by molar-refractivity contribution is 0.961. The summed E-state index contributed by atoms with van der Waals surface area (Å²) < 4.78 is 1.82. The van der Waals surface area contributed by atoms with E-state index in [0.29, 0.717) is 6.54 Å². The monoisotopic (exact) mass is 307 g/mol. The molecule has 4 rings (SSSR count). The van der Waals surface area contributed by atoms with E-state index in [9.17, 15) is 0 Å². The summed E-state index contributed by atoms with van der Waals surface area (Å²) in [5, 5.41) is 8.67. The Hall–Kier alpha value is -2.73. The number of pyridine rings is 1. The summed E-state index contributed by atoms with van der Waals surface area (Å²) >= 11 is 1.54. The van der Waals surface area contributed by atoms with Gasteiger partial charge in [0.1, 0.15) is 0 Å². The Kier molecular flexibility index (Phi) is 3.29. The van der Waals surface area contributed by atoms with Gasteiger partial charge in [0, 0.05) is 24.5 Å². The molecular weight excluding hydrogens is 294 g/mol. The SMILES string of the molecule is c1ccc(-c2cn3nc(NCc4cccnc4)sc3n2)cc1. The summed E-state index contributed by atoms with van der Waals surface area (Å²) in [6, 6.07) is 14.1. The minimum absolute atomic E-state index is 0.704. The Bertz CT molecular complexity index is 851. The molecule has 0 amide bonds. The normalized spacial score (nSPS) is 10.9. The smallest absolute Gasteiger partial charge is 0.214 e. The molecule has 108 valence electrons. The Labute approximate surface area is 131 Å². The van der Waals surface area contributed by atoms with Crippen molar-refractivity contribution in [3.63, 3.8) is 0 Å². The van der Waals surface area contributed by atoms with Crippen molar-refractivity contribution in [2.75, 3.05) is 5.32 Å². The van der Waals surface area contributed by atoms with E-state index < -0.39 is 0 Å². The Morgan fingerprint density at radius 2 is 2.00 bits per heavy atom. The average molecular weight is 307 g/mol. The van der Waals surface area contributed by atoms with Gasteiger partial charge in [-0.3, -0.25) is 4.98 Å². The highest BCUT2D eigenvalue weighted by Gasteiger charge is 2.09. The third-order valence-electron chi connectivity index (χ3n) is 3.28. The molecule has 0 bridgehead atoms. The molecule has 0 unspecified atom stereocenters. The van der Waals surface area contributed by atoms with E-state index in [1.807, 2.05) is 59.4 Å². The number of nitrogens with zero attached hydrogens (tertiary/aromatic N) is 4. The number of benzene rings is 1. The largest absolute Gasteiger partial charge is 0.356 e. The lowest BCUT2D eigenvalue weighted by Gasteiger charge is -2.00. The first-order chi connectivity index (χ1) is 10.9. The number of anilines is 1. The van der Waals surface area contributed by atoms with E-state index >= 15 is 0 Å². The van der Waals surface area contributed by atoms with Crippen molar-refractivity contribution in [2.24, 2.45) is 0 Å². The lowest BCUT2D eigenvalue weighted by atomic mass is 10.2. The van der Waals surface area contributed by atoms with Crippen molar-refractivity contribution in [2.45, 2.75) is 6.54 Å². The van der Waals surface area contributed by atoms with Crippen molar-refractivity contribution in [3.8, 4) is 11.3 Å². The first-order valence-electron chi connectivity index (χ1n) is 6.93. The summed E-state index contributed by atoms with van der Waals surface area (Å²) in [5.74, 6) is 0. The van der Waals surface area contributed by atoms with Crippen LogP contribution < -0.4 is 5.32 Å². The van der Waals surface area contributed by atoms with Crippen molar-refractivity contribution >= 4 is 21.4 Å². The van der Waals surface area contributed by atoms with Crippen LogP contribution in [0, 0.1) is 0 Å². The molecule has 0 aliphatic carbocycles. The zero-order valence-electron chi connectivity index (χ0n) is 11.7. The molecule has 22 heavy (non-hydrogen) atoms. The van der Waals surface area contributed by atoms with Crippen LogP contribution in [0.25, 0.3) is 16.2 Å². The molecule has 0 saturated carbocycles. The van der Waals surface area contributed by atoms with Gasteiger partial charge in [0.25, 0.3) is 0 Å². The first kappa shape index (κ1) is 13.0. The number of hydrogen-bond acceptors (Lipinski definition) is 5. The highest BCUT2D eigenvalue weighted by Crippen LogP contribution is 2.24. The zero-order valence-corrected chi connectivity index (χ0v) is 12.5. The fourth-order valence-corrected chi connectivity index (χ4v) is 2.98. The van der Waals surface area contributed by atoms with Gasteiger partial charge in [-0.25, -0.2) is 9.50 Å². The molecule has 0 radical (unpaired) electrons. The van der Waals surface area contributed by atoms with E-state index in [1.54, 1.807) is 17.5 Å². The maximum atomic E-state index is 4.63. The third-order valence-corrected chi connectivity index (χ3v) is 4.16. The summed E-state index contributed by atoms with van der Waals surface area (Å²) in [6.07, 6.45) is 5.57. The second-order valence-corrected chi connectivity index (χ2v) is 5.80. The average Bonchev–Trinajstić information content (AvgIpc) is 3.13. The van der Waals surface area contributed by atoms with Gasteiger partial charge in [-0.1, -0.05) is 47.7 Å². The van der Waals surface area contributed by atoms with E-state index in [0.717, 1.165) is 26.9 Å². The molecule has 4 aromatic rings.